The fourth-order valence-corrected chi connectivity index (χ4v) is 3.99. The molecule has 0 unspecified atom stereocenters. The first-order valence-corrected chi connectivity index (χ1v) is 8.98. The van der Waals surface area contributed by atoms with Crippen molar-refractivity contribution < 1.29 is 14.3 Å². The quantitative estimate of drug-likeness (QED) is 0.856. The average molecular weight is 380 g/mol. The summed E-state index contributed by atoms with van der Waals surface area (Å²) in [6.07, 6.45) is 3.05. The van der Waals surface area contributed by atoms with Crippen LogP contribution in [0.5, 0.6) is 0 Å². The molecule has 1 aliphatic heterocycles. The molecule has 0 atom stereocenters. The Kier molecular flexibility index (Phi) is 3.96. The highest BCUT2D eigenvalue weighted by Crippen LogP contribution is 2.46. The second-order valence-corrected chi connectivity index (χ2v) is 7.58. The van der Waals surface area contributed by atoms with Gasteiger partial charge in [0.2, 0.25) is 5.43 Å². The van der Waals surface area contributed by atoms with Gasteiger partial charge in [-0.2, -0.15) is 0 Å². The van der Waals surface area contributed by atoms with Crippen LogP contribution in [0, 0.1) is 5.82 Å². The highest BCUT2D eigenvalue weighted by molar-refractivity contribution is 6.38. The van der Waals surface area contributed by atoms with E-state index >= 15 is 0 Å². The summed E-state index contributed by atoms with van der Waals surface area (Å²) in [4.78, 5) is 26.0. The summed E-state index contributed by atoms with van der Waals surface area (Å²) in [7, 11) is 0. The lowest BCUT2D eigenvalue weighted by Gasteiger charge is -2.31. The predicted octanol–water partition coefficient (Wildman–Crippen LogP) is 2.41. The molecule has 0 amide bonds. The average Bonchev–Trinajstić information content (AvgIpc) is 3.35. The maximum Gasteiger partial charge on any atom is 0.341 e. The van der Waals surface area contributed by atoms with E-state index in [1.54, 1.807) is 4.57 Å². The first kappa shape index (κ1) is 17.3. The largest absolute Gasteiger partial charge is 0.477 e. The van der Waals surface area contributed by atoms with E-state index in [1.165, 1.54) is 6.20 Å². The van der Waals surface area contributed by atoms with Gasteiger partial charge in [0.25, 0.3) is 0 Å². The van der Waals surface area contributed by atoms with Gasteiger partial charge in [-0.05, 0) is 25.8 Å². The molecule has 0 bridgehead atoms. The molecule has 2 N–H and O–H groups in total. The normalized spacial score (nSPS) is 19.0. The molecule has 0 radical (unpaired) electrons. The zero-order valence-corrected chi connectivity index (χ0v) is 15.1. The fraction of sp³-hybridized carbons (Fsp3) is 0.444. The van der Waals surface area contributed by atoms with E-state index in [9.17, 15) is 19.1 Å². The SMILES string of the molecule is CC1(n2cc(C(=O)O)c(=O)c3cc(F)c(N4CCNCC4)c(Cl)c32)CC1. The van der Waals surface area contributed by atoms with Gasteiger partial charge in [-0.3, -0.25) is 4.79 Å². The summed E-state index contributed by atoms with van der Waals surface area (Å²) in [6, 6.07) is 1.13. The van der Waals surface area contributed by atoms with Crippen molar-refractivity contribution in [3.05, 3.63) is 38.9 Å². The number of aromatic carboxylic acids is 1. The van der Waals surface area contributed by atoms with Crippen LogP contribution in [-0.2, 0) is 5.54 Å². The number of nitrogens with one attached hydrogen (secondary N) is 1. The zero-order valence-electron chi connectivity index (χ0n) is 14.3. The van der Waals surface area contributed by atoms with Crippen molar-refractivity contribution in [3.63, 3.8) is 0 Å². The van der Waals surface area contributed by atoms with Gasteiger partial charge < -0.3 is 19.9 Å². The minimum Gasteiger partial charge on any atom is -0.477 e. The van der Waals surface area contributed by atoms with Crippen LogP contribution in [0.4, 0.5) is 10.1 Å². The van der Waals surface area contributed by atoms with Gasteiger partial charge in [0, 0.05) is 37.9 Å². The summed E-state index contributed by atoms with van der Waals surface area (Å²) in [5, 5.41) is 12.8. The lowest BCUT2D eigenvalue weighted by Crippen LogP contribution is -2.44. The molecule has 1 saturated carbocycles. The van der Waals surface area contributed by atoms with Crippen LogP contribution in [0.15, 0.2) is 17.1 Å². The van der Waals surface area contributed by atoms with E-state index in [2.05, 4.69) is 5.32 Å². The molecule has 138 valence electrons. The van der Waals surface area contributed by atoms with Crippen LogP contribution in [0.2, 0.25) is 5.02 Å². The molecule has 0 spiro atoms. The van der Waals surface area contributed by atoms with Gasteiger partial charge in [0.05, 0.1) is 21.6 Å². The molecule has 1 aromatic carbocycles. The number of carbonyl (C=O) groups is 1. The van der Waals surface area contributed by atoms with Crippen molar-refractivity contribution in [1.82, 2.24) is 9.88 Å². The minimum absolute atomic E-state index is 0.0133. The second-order valence-electron chi connectivity index (χ2n) is 7.20. The van der Waals surface area contributed by atoms with Crippen LogP contribution in [0.1, 0.15) is 30.1 Å². The van der Waals surface area contributed by atoms with Gasteiger partial charge in [-0.1, -0.05) is 11.6 Å². The van der Waals surface area contributed by atoms with Gasteiger partial charge in [0.1, 0.15) is 11.4 Å². The van der Waals surface area contributed by atoms with Crippen LogP contribution >= 0.6 is 11.6 Å². The van der Waals surface area contributed by atoms with Crippen molar-refractivity contribution in [1.29, 1.82) is 0 Å². The number of halogens is 2. The van der Waals surface area contributed by atoms with Gasteiger partial charge in [0.15, 0.2) is 0 Å². The Balaban J connectivity index is 2.06. The molecule has 2 aromatic rings. The minimum atomic E-state index is -1.32. The predicted molar refractivity (Wildman–Crippen MR) is 98.1 cm³/mol. The first-order valence-electron chi connectivity index (χ1n) is 8.60. The third-order valence-corrected chi connectivity index (χ3v) is 5.73. The highest BCUT2D eigenvalue weighted by Gasteiger charge is 2.41. The number of carboxylic acids is 1. The number of pyridine rings is 1. The van der Waals surface area contributed by atoms with Crippen molar-refractivity contribution in [2.45, 2.75) is 25.3 Å². The van der Waals surface area contributed by atoms with Gasteiger partial charge >= 0.3 is 5.97 Å². The molecule has 2 fully saturated rings. The highest BCUT2D eigenvalue weighted by atomic mass is 35.5. The number of piperazine rings is 1. The standard InChI is InChI=1S/C18H19ClFN3O3/c1-18(2-3-18)23-9-11(17(25)26)16(24)10-8-12(20)15(13(19)14(10)23)22-6-4-21-5-7-22/h8-9,21H,2-7H2,1H3,(H,25,26). The molecule has 8 heteroatoms. The van der Waals surface area contributed by atoms with Crippen LogP contribution in [0.25, 0.3) is 10.9 Å². The number of fused-ring (bicyclic) bond motifs is 1. The molecule has 2 aliphatic rings. The summed E-state index contributed by atoms with van der Waals surface area (Å²) < 4.78 is 16.6. The third kappa shape index (κ3) is 2.57. The van der Waals surface area contributed by atoms with E-state index in [0.29, 0.717) is 18.6 Å². The molecular formula is C18H19ClFN3O3. The number of aromatic nitrogens is 1. The van der Waals surface area contributed by atoms with E-state index in [1.807, 2.05) is 11.8 Å². The smallest absolute Gasteiger partial charge is 0.341 e. The molecule has 6 nitrogen and oxygen atoms in total. The fourth-order valence-electron chi connectivity index (χ4n) is 3.58. The number of carboxylic acid groups (broad SMARTS) is 1. The molecule has 1 aromatic heterocycles. The van der Waals surface area contributed by atoms with E-state index < -0.39 is 17.2 Å². The van der Waals surface area contributed by atoms with Gasteiger partial charge in [-0.25, -0.2) is 9.18 Å². The molecule has 1 aliphatic carbocycles. The Morgan fingerprint density at radius 2 is 2.00 bits per heavy atom. The molecule has 1 saturated heterocycles. The molecular weight excluding hydrogens is 361 g/mol. The molecule has 2 heterocycles. The lowest BCUT2D eigenvalue weighted by molar-refractivity contribution is 0.0694. The van der Waals surface area contributed by atoms with Crippen LogP contribution < -0.4 is 15.6 Å². The zero-order chi connectivity index (χ0) is 18.6. The van der Waals surface area contributed by atoms with Crippen LogP contribution in [-0.4, -0.2) is 41.8 Å². The van der Waals surface area contributed by atoms with E-state index in [0.717, 1.165) is 32.0 Å². The maximum absolute atomic E-state index is 14.9. The summed E-state index contributed by atoms with van der Waals surface area (Å²) in [5.74, 6) is -1.92. The Morgan fingerprint density at radius 3 is 2.58 bits per heavy atom. The summed E-state index contributed by atoms with van der Waals surface area (Å²) in [6.45, 7) is 4.63. The Labute approximate surface area is 154 Å². The number of hydrogen-bond acceptors (Lipinski definition) is 4. The first-order chi connectivity index (χ1) is 12.3. The Bertz CT molecular complexity index is 978. The van der Waals surface area contributed by atoms with Crippen LogP contribution in [0.3, 0.4) is 0 Å². The van der Waals surface area contributed by atoms with E-state index in [4.69, 9.17) is 11.6 Å². The third-order valence-electron chi connectivity index (χ3n) is 5.38. The van der Waals surface area contributed by atoms with Gasteiger partial charge in [-0.15, -0.1) is 0 Å². The van der Waals surface area contributed by atoms with E-state index in [-0.39, 0.29) is 27.2 Å². The maximum atomic E-state index is 14.9. The van der Waals surface area contributed by atoms with Crippen molar-refractivity contribution in [3.8, 4) is 0 Å². The number of nitrogens with zero attached hydrogens (tertiary/aromatic N) is 2. The number of anilines is 1. The van der Waals surface area contributed by atoms with Crippen molar-refractivity contribution >= 4 is 34.2 Å². The number of hydrogen-bond donors (Lipinski definition) is 2. The monoisotopic (exact) mass is 379 g/mol. The number of rotatable bonds is 3. The topological polar surface area (TPSA) is 74.6 Å². The molecule has 4 rings (SSSR count). The number of benzene rings is 1. The Hall–Kier alpha value is -2.12. The second kappa shape index (κ2) is 5.96. The summed E-state index contributed by atoms with van der Waals surface area (Å²) >= 11 is 6.61. The lowest BCUT2D eigenvalue weighted by atomic mass is 10.1. The van der Waals surface area contributed by atoms with Crippen molar-refractivity contribution in [2.75, 3.05) is 31.1 Å². The van der Waals surface area contributed by atoms with Crippen molar-refractivity contribution in [2.24, 2.45) is 0 Å². The Morgan fingerprint density at radius 1 is 1.35 bits per heavy atom. The molecule has 26 heavy (non-hydrogen) atoms. The summed E-state index contributed by atoms with van der Waals surface area (Å²) in [5.41, 5.74) is -0.687.